The van der Waals surface area contributed by atoms with Gasteiger partial charge in [-0.25, -0.2) is 10.2 Å². The molecule has 3 N–H and O–H groups in total. The fourth-order valence-electron chi connectivity index (χ4n) is 2.10. The Kier molecular flexibility index (Phi) is 3.55. The van der Waals surface area contributed by atoms with Crippen molar-refractivity contribution < 1.29 is 9.21 Å². The van der Waals surface area contributed by atoms with Gasteiger partial charge in [-0.15, -0.1) is 0 Å². The first-order chi connectivity index (χ1) is 9.02. The zero-order chi connectivity index (χ0) is 14.0. The lowest BCUT2D eigenvalue weighted by molar-refractivity contribution is 0.249. The second kappa shape index (κ2) is 5.14. The van der Waals surface area contributed by atoms with Crippen LogP contribution in [0, 0.1) is 6.92 Å². The molecule has 0 unspecified atom stereocenters. The number of nitrogens with zero attached hydrogens (tertiary/aromatic N) is 1. The van der Waals surface area contributed by atoms with Crippen molar-refractivity contribution >= 4 is 22.7 Å². The summed E-state index contributed by atoms with van der Waals surface area (Å²) >= 11 is 0. The van der Waals surface area contributed by atoms with Crippen LogP contribution in [0.3, 0.4) is 0 Å². The van der Waals surface area contributed by atoms with E-state index in [-0.39, 0.29) is 0 Å². The lowest BCUT2D eigenvalue weighted by Gasteiger charge is -2.00. The highest BCUT2D eigenvalue weighted by molar-refractivity contribution is 6.02. The van der Waals surface area contributed by atoms with Crippen LogP contribution in [0.2, 0.25) is 0 Å². The van der Waals surface area contributed by atoms with Crippen LogP contribution < -0.4 is 11.2 Å². The Balaban J connectivity index is 2.54. The second-order valence-electron chi connectivity index (χ2n) is 4.44. The molecule has 5 nitrogen and oxygen atoms in total. The molecule has 1 heterocycles. The highest BCUT2D eigenvalue weighted by Gasteiger charge is 2.15. The topological polar surface area (TPSA) is 80.6 Å². The number of fused-ring (bicyclic) bond motifs is 1. The summed E-state index contributed by atoms with van der Waals surface area (Å²) in [6.07, 6.45) is 0.829. The molecule has 2 aromatic rings. The van der Waals surface area contributed by atoms with Crippen LogP contribution in [-0.4, -0.2) is 11.7 Å². The SMILES string of the molecule is CCc1c(/C(C)=N\NC(N)=O)oc2ccc(C)cc12. The van der Waals surface area contributed by atoms with Crippen LogP contribution in [0.1, 0.15) is 30.7 Å². The number of primary amides is 1. The van der Waals surface area contributed by atoms with Crippen molar-refractivity contribution in [1.82, 2.24) is 5.43 Å². The number of benzene rings is 1. The fourth-order valence-corrected chi connectivity index (χ4v) is 2.10. The third-order valence-electron chi connectivity index (χ3n) is 2.96. The van der Waals surface area contributed by atoms with Crippen molar-refractivity contribution in [3.05, 3.63) is 35.1 Å². The number of urea groups is 1. The lowest BCUT2D eigenvalue weighted by atomic mass is 10.0. The molecule has 1 aromatic heterocycles. The van der Waals surface area contributed by atoms with Gasteiger partial charge in [0.15, 0.2) is 5.76 Å². The van der Waals surface area contributed by atoms with Crippen LogP contribution in [0.15, 0.2) is 27.7 Å². The fraction of sp³-hybridized carbons (Fsp3) is 0.286. The predicted molar refractivity (Wildman–Crippen MR) is 75.3 cm³/mol. The van der Waals surface area contributed by atoms with E-state index in [4.69, 9.17) is 10.2 Å². The van der Waals surface area contributed by atoms with Gasteiger partial charge in [0, 0.05) is 10.9 Å². The number of carbonyl (C=O) groups is 1. The number of hydrogen-bond acceptors (Lipinski definition) is 3. The number of hydrogen-bond donors (Lipinski definition) is 2. The van der Waals surface area contributed by atoms with Crippen LogP contribution in [0.25, 0.3) is 11.0 Å². The molecule has 5 heteroatoms. The summed E-state index contributed by atoms with van der Waals surface area (Å²) < 4.78 is 5.82. The number of rotatable bonds is 3. The van der Waals surface area contributed by atoms with Gasteiger partial charge in [0.2, 0.25) is 0 Å². The summed E-state index contributed by atoms with van der Waals surface area (Å²) in [5.41, 5.74) is 10.9. The molecule has 0 saturated heterocycles. The van der Waals surface area contributed by atoms with Gasteiger partial charge in [-0.1, -0.05) is 18.6 Å². The average Bonchev–Trinajstić information content (AvgIpc) is 2.73. The van der Waals surface area contributed by atoms with E-state index >= 15 is 0 Å². The molecule has 0 fully saturated rings. The van der Waals surface area contributed by atoms with Crippen molar-refractivity contribution in [1.29, 1.82) is 0 Å². The minimum atomic E-state index is -0.690. The van der Waals surface area contributed by atoms with Crippen molar-refractivity contribution in [3.8, 4) is 0 Å². The number of amides is 2. The van der Waals surface area contributed by atoms with E-state index in [0.29, 0.717) is 11.5 Å². The van der Waals surface area contributed by atoms with Gasteiger partial charge >= 0.3 is 6.03 Å². The Morgan fingerprint density at radius 3 is 2.84 bits per heavy atom. The summed E-state index contributed by atoms with van der Waals surface area (Å²) in [6.45, 7) is 5.88. The summed E-state index contributed by atoms with van der Waals surface area (Å²) in [7, 11) is 0. The smallest absolute Gasteiger partial charge is 0.332 e. The van der Waals surface area contributed by atoms with E-state index in [1.165, 1.54) is 5.56 Å². The van der Waals surface area contributed by atoms with E-state index in [9.17, 15) is 4.79 Å². The van der Waals surface area contributed by atoms with Crippen LogP contribution in [0.4, 0.5) is 4.79 Å². The first-order valence-corrected chi connectivity index (χ1v) is 6.15. The molecule has 2 amide bonds. The molecule has 2 rings (SSSR count). The van der Waals surface area contributed by atoms with Gasteiger partial charge in [-0.3, -0.25) is 0 Å². The second-order valence-corrected chi connectivity index (χ2v) is 4.44. The van der Waals surface area contributed by atoms with Gasteiger partial charge in [0.25, 0.3) is 0 Å². The minimum absolute atomic E-state index is 0.601. The summed E-state index contributed by atoms with van der Waals surface area (Å²) in [5.74, 6) is 0.692. The number of aryl methyl sites for hydroxylation is 2. The van der Waals surface area contributed by atoms with Crippen molar-refractivity contribution in [2.45, 2.75) is 27.2 Å². The summed E-state index contributed by atoms with van der Waals surface area (Å²) in [5, 5.41) is 5.01. The normalized spacial score (nSPS) is 11.8. The van der Waals surface area contributed by atoms with Gasteiger partial charge in [-0.2, -0.15) is 5.10 Å². The number of carbonyl (C=O) groups excluding carboxylic acids is 1. The Morgan fingerprint density at radius 2 is 2.21 bits per heavy atom. The van der Waals surface area contributed by atoms with Gasteiger partial charge in [-0.05, 0) is 32.4 Å². The Labute approximate surface area is 111 Å². The Hall–Kier alpha value is -2.30. The molecule has 0 saturated carbocycles. The highest BCUT2D eigenvalue weighted by Crippen LogP contribution is 2.27. The molecule has 0 aliphatic rings. The van der Waals surface area contributed by atoms with Crippen molar-refractivity contribution in [2.75, 3.05) is 0 Å². The quantitative estimate of drug-likeness (QED) is 0.656. The van der Waals surface area contributed by atoms with E-state index in [0.717, 1.165) is 23.0 Å². The molecule has 1 aromatic carbocycles. The zero-order valence-electron chi connectivity index (χ0n) is 11.3. The molecule has 0 spiro atoms. The average molecular weight is 259 g/mol. The third-order valence-corrected chi connectivity index (χ3v) is 2.96. The molecule has 0 aliphatic heterocycles. The van der Waals surface area contributed by atoms with E-state index in [1.54, 1.807) is 6.92 Å². The number of nitrogens with one attached hydrogen (secondary N) is 1. The standard InChI is InChI=1S/C14H17N3O2/c1-4-10-11-7-8(2)5-6-12(11)19-13(10)9(3)16-17-14(15)18/h5-7H,4H2,1-3H3,(H3,15,17,18)/b16-9-. The van der Waals surface area contributed by atoms with Gasteiger partial charge in [0.05, 0.1) is 0 Å². The van der Waals surface area contributed by atoms with Crippen LogP contribution in [-0.2, 0) is 6.42 Å². The maximum atomic E-state index is 10.7. The predicted octanol–water partition coefficient (Wildman–Crippen LogP) is 2.70. The first-order valence-electron chi connectivity index (χ1n) is 6.15. The molecule has 0 atom stereocenters. The molecule has 0 radical (unpaired) electrons. The van der Waals surface area contributed by atoms with Crippen molar-refractivity contribution in [2.24, 2.45) is 10.8 Å². The number of hydrazone groups is 1. The van der Waals surface area contributed by atoms with Crippen molar-refractivity contribution in [3.63, 3.8) is 0 Å². The van der Waals surface area contributed by atoms with E-state index in [2.05, 4.69) is 23.5 Å². The highest BCUT2D eigenvalue weighted by atomic mass is 16.3. The molecule has 100 valence electrons. The molecule has 0 aliphatic carbocycles. The van der Waals surface area contributed by atoms with Crippen LogP contribution in [0.5, 0.6) is 0 Å². The van der Waals surface area contributed by atoms with Crippen LogP contribution >= 0.6 is 0 Å². The lowest BCUT2D eigenvalue weighted by Crippen LogP contribution is -2.25. The van der Waals surface area contributed by atoms with Gasteiger partial charge in [0.1, 0.15) is 11.3 Å². The minimum Gasteiger partial charge on any atom is -0.454 e. The zero-order valence-corrected chi connectivity index (χ0v) is 11.3. The maximum absolute atomic E-state index is 10.7. The van der Waals surface area contributed by atoms with E-state index < -0.39 is 6.03 Å². The largest absolute Gasteiger partial charge is 0.454 e. The number of furan rings is 1. The molecule has 0 bridgehead atoms. The summed E-state index contributed by atoms with van der Waals surface area (Å²) in [4.78, 5) is 10.7. The monoisotopic (exact) mass is 259 g/mol. The molecular weight excluding hydrogens is 242 g/mol. The molecule has 19 heavy (non-hydrogen) atoms. The Bertz CT molecular complexity index is 656. The van der Waals surface area contributed by atoms with Gasteiger partial charge < -0.3 is 10.2 Å². The summed E-state index contributed by atoms with van der Waals surface area (Å²) in [6, 6.07) is 5.35. The Morgan fingerprint density at radius 1 is 1.47 bits per heavy atom. The maximum Gasteiger partial charge on any atom is 0.332 e. The first kappa shape index (κ1) is 13.1. The number of nitrogens with two attached hydrogens (primary N) is 1. The van der Waals surface area contributed by atoms with E-state index in [1.807, 2.05) is 19.1 Å². The third kappa shape index (κ3) is 2.59. The molecular formula is C14H17N3O2.